The first kappa shape index (κ1) is 14.7. The number of nitrogen functional groups attached to an aromatic ring is 1. The highest BCUT2D eigenvalue weighted by molar-refractivity contribution is 5.91. The lowest BCUT2D eigenvalue weighted by atomic mass is 10.2. The molecule has 20 heavy (non-hydrogen) atoms. The molecule has 0 spiro atoms. The molecule has 5 heteroatoms. The number of hydrogen-bond donors (Lipinski definition) is 1. The first-order chi connectivity index (χ1) is 9.60. The molecule has 1 aliphatic heterocycles. The number of hydrogen-bond acceptors (Lipinski definition) is 5. The SMILES string of the molecule is CCOc1ccc(C(=O)OCC2CCC(C)O2)cc1N. The highest BCUT2D eigenvalue weighted by Gasteiger charge is 2.23. The van der Waals surface area contributed by atoms with E-state index in [9.17, 15) is 4.79 Å². The van der Waals surface area contributed by atoms with Crippen LogP contribution in [0.25, 0.3) is 0 Å². The second-order valence-corrected chi connectivity index (χ2v) is 4.93. The highest BCUT2D eigenvalue weighted by Crippen LogP contribution is 2.23. The number of carbonyl (C=O) groups excluding carboxylic acids is 1. The zero-order valence-electron chi connectivity index (χ0n) is 11.9. The van der Waals surface area contributed by atoms with E-state index < -0.39 is 0 Å². The third kappa shape index (κ3) is 3.63. The minimum atomic E-state index is -0.386. The van der Waals surface area contributed by atoms with Crippen LogP contribution in [0.3, 0.4) is 0 Å². The molecule has 2 N–H and O–H groups in total. The van der Waals surface area contributed by atoms with Crippen molar-refractivity contribution >= 4 is 11.7 Å². The normalized spacial score (nSPS) is 21.7. The summed E-state index contributed by atoms with van der Waals surface area (Å²) in [4.78, 5) is 11.9. The minimum Gasteiger partial charge on any atom is -0.492 e. The molecule has 0 aromatic heterocycles. The summed E-state index contributed by atoms with van der Waals surface area (Å²) in [5, 5.41) is 0. The number of nitrogens with two attached hydrogens (primary N) is 1. The van der Waals surface area contributed by atoms with E-state index in [1.54, 1.807) is 18.2 Å². The Kier molecular flexibility index (Phi) is 4.84. The second kappa shape index (κ2) is 6.61. The predicted molar refractivity (Wildman–Crippen MR) is 75.9 cm³/mol. The molecular weight excluding hydrogens is 258 g/mol. The van der Waals surface area contributed by atoms with Gasteiger partial charge in [0.05, 0.1) is 30.1 Å². The van der Waals surface area contributed by atoms with Gasteiger partial charge in [-0.15, -0.1) is 0 Å². The van der Waals surface area contributed by atoms with E-state index in [4.69, 9.17) is 19.9 Å². The van der Waals surface area contributed by atoms with Crippen LogP contribution in [0.4, 0.5) is 5.69 Å². The summed E-state index contributed by atoms with van der Waals surface area (Å²) in [5.41, 5.74) is 6.69. The summed E-state index contributed by atoms with van der Waals surface area (Å²) in [5.74, 6) is 0.194. The Bertz CT molecular complexity index is 475. The fourth-order valence-electron chi connectivity index (χ4n) is 2.22. The van der Waals surface area contributed by atoms with Crippen molar-refractivity contribution in [2.24, 2.45) is 0 Å². The van der Waals surface area contributed by atoms with Crippen LogP contribution in [-0.4, -0.2) is 31.4 Å². The van der Waals surface area contributed by atoms with Crippen LogP contribution in [0.2, 0.25) is 0 Å². The molecule has 0 aliphatic carbocycles. The summed E-state index contributed by atoms with van der Waals surface area (Å²) in [6.45, 7) is 4.72. The van der Waals surface area contributed by atoms with Crippen LogP contribution in [0, 0.1) is 0 Å². The predicted octanol–water partition coefficient (Wildman–Crippen LogP) is 2.39. The van der Waals surface area contributed by atoms with Gasteiger partial charge in [-0.25, -0.2) is 4.79 Å². The standard InChI is InChI=1S/C15H21NO4/c1-3-18-14-7-5-11(8-13(14)16)15(17)19-9-12-6-4-10(2)20-12/h5,7-8,10,12H,3-4,6,9,16H2,1-2H3. The summed E-state index contributed by atoms with van der Waals surface area (Å²) in [7, 11) is 0. The van der Waals surface area contributed by atoms with E-state index in [1.807, 2.05) is 13.8 Å². The number of benzene rings is 1. The van der Waals surface area contributed by atoms with Gasteiger partial charge in [0.15, 0.2) is 0 Å². The zero-order valence-corrected chi connectivity index (χ0v) is 11.9. The fraction of sp³-hybridized carbons (Fsp3) is 0.533. The van der Waals surface area contributed by atoms with Crippen molar-refractivity contribution < 1.29 is 19.0 Å². The summed E-state index contributed by atoms with van der Waals surface area (Å²) >= 11 is 0. The lowest BCUT2D eigenvalue weighted by Crippen LogP contribution is -2.19. The molecule has 0 radical (unpaired) electrons. The van der Waals surface area contributed by atoms with E-state index in [1.165, 1.54) is 0 Å². The Labute approximate surface area is 119 Å². The first-order valence-corrected chi connectivity index (χ1v) is 6.95. The van der Waals surface area contributed by atoms with Crippen LogP contribution in [0.5, 0.6) is 5.75 Å². The number of ether oxygens (including phenoxy) is 3. The van der Waals surface area contributed by atoms with Crippen molar-refractivity contribution in [1.29, 1.82) is 0 Å². The van der Waals surface area contributed by atoms with Crippen LogP contribution in [0.15, 0.2) is 18.2 Å². The molecule has 2 atom stereocenters. The minimum absolute atomic E-state index is 0.00833. The van der Waals surface area contributed by atoms with Gasteiger partial charge in [-0.1, -0.05) is 0 Å². The van der Waals surface area contributed by atoms with Gasteiger partial charge in [0.1, 0.15) is 12.4 Å². The molecular formula is C15H21NO4. The maximum absolute atomic E-state index is 11.9. The van der Waals surface area contributed by atoms with Crippen molar-refractivity contribution in [3.8, 4) is 5.75 Å². The van der Waals surface area contributed by atoms with Gasteiger partial charge in [-0.3, -0.25) is 0 Å². The molecule has 110 valence electrons. The van der Waals surface area contributed by atoms with Gasteiger partial charge >= 0.3 is 5.97 Å². The van der Waals surface area contributed by atoms with Gasteiger partial charge in [0.25, 0.3) is 0 Å². The van der Waals surface area contributed by atoms with E-state index >= 15 is 0 Å². The van der Waals surface area contributed by atoms with Crippen LogP contribution >= 0.6 is 0 Å². The van der Waals surface area contributed by atoms with Crippen LogP contribution in [-0.2, 0) is 9.47 Å². The van der Waals surface area contributed by atoms with E-state index in [2.05, 4.69) is 0 Å². The maximum Gasteiger partial charge on any atom is 0.338 e. The highest BCUT2D eigenvalue weighted by atomic mass is 16.6. The fourth-order valence-corrected chi connectivity index (χ4v) is 2.22. The molecule has 1 aromatic carbocycles. The number of carbonyl (C=O) groups is 1. The Hall–Kier alpha value is -1.75. The topological polar surface area (TPSA) is 70.8 Å². The van der Waals surface area contributed by atoms with Crippen molar-refractivity contribution in [2.45, 2.75) is 38.9 Å². The van der Waals surface area contributed by atoms with E-state index in [-0.39, 0.29) is 24.8 Å². The molecule has 1 aromatic rings. The lowest BCUT2D eigenvalue weighted by Gasteiger charge is -2.12. The van der Waals surface area contributed by atoms with Crippen LogP contribution < -0.4 is 10.5 Å². The molecule has 0 bridgehead atoms. The van der Waals surface area contributed by atoms with Gasteiger partial charge < -0.3 is 19.9 Å². The molecule has 1 fully saturated rings. The second-order valence-electron chi connectivity index (χ2n) is 4.93. The average Bonchev–Trinajstić information content (AvgIpc) is 2.84. The Morgan fingerprint density at radius 2 is 2.25 bits per heavy atom. The maximum atomic E-state index is 11.9. The third-order valence-electron chi connectivity index (χ3n) is 3.27. The van der Waals surface area contributed by atoms with Gasteiger partial charge in [0.2, 0.25) is 0 Å². The smallest absolute Gasteiger partial charge is 0.338 e. The monoisotopic (exact) mass is 279 g/mol. The Morgan fingerprint density at radius 3 is 2.85 bits per heavy atom. The molecule has 1 aliphatic rings. The van der Waals surface area contributed by atoms with Gasteiger partial charge in [-0.05, 0) is 44.9 Å². The largest absolute Gasteiger partial charge is 0.492 e. The van der Waals surface area contributed by atoms with E-state index in [0.29, 0.717) is 23.6 Å². The summed E-state index contributed by atoms with van der Waals surface area (Å²) < 4.78 is 16.2. The van der Waals surface area contributed by atoms with E-state index in [0.717, 1.165) is 12.8 Å². The third-order valence-corrected chi connectivity index (χ3v) is 3.27. The van der Waals surface area contributed by atoms with Crippen molar-refractivity contribution in [3.05, 3.63) is 23.8 Å². The molecule has 2 rings (SSSR count). The number of esters is 1. The molecule has 5 nitrogen and oxygen atoms in total. The molecule has 1 heterocycles. The van der Waals surface area contributed by atoms with Crippen LogP contribution in [0.1, 0.15) is 37.0 Å². The molecule has 0 amide bonds. The number of rotatable bonds is 5. The quantitative estimate of drug-likeness (QED) is 0.662. The van der Waals surface area contributed by atoms with Crippen molar-refractivity contribution in [2.75, 3.05) is 18.9 Å². The average molecular weight is 279 g/mol. The Balaban J connectivity index is 1.90. The summed E-state index contributed by atoms with van der Waals surface area (Å²) in [6.07, 6.45) is 2.20. The van der Waals surface area contributed by atoms with Crippen molar-refractivity contribution in [3.63, 3.8) is 0 Å². The first-order valence-electron chi connectivity index (χ1n) is 6.95. The Morgan fingerprint density at radius 1 is 1.45 bits per heavy atom. The lowest BCUT2D eigenvalue weighted by molar-refractivity contribution is -0.00265. The number of anilines is 1. The summed E-state index contributed by atoms with van der Waals surface area (Å²) in [6, 6.07) is 4.91. The molecule has 1 saturated heterocycles. The van der Waals surface area contributed by atoms with Gasteiger partial charge in [-0.2, -0.15) is 0 Å². The zero-order chi connectivity index (χ0) is 14.5. The molecule has 2 unspecified atom stereocenters. The van der Waals surface area contributed by atoms with Gasteiger partial charge in [0, 0.05) is 0 Å². The van der Waals surface area contributed by atoms with Crippen molar-refractivity contribution in [1.82, 2.24) is 0 Å². The molecule has 0 saturated carbocycles.